The van der Waals surface area contributed by atoms with Crippen molar-refractivity contribution in [2.45, 2.75) is 6.04 Å². The van der Waals surface area contributed by atoms with Gasteiger partial charge in [-0.2, -0.15) is 4.99 Å². The minimum atomic E-state index is -0.403. The van der Waals surface area contributed by atoms with Gasteiger partial charge in [-0.1, -0.05) is 5.92 Å². The van der Waals surface area contributed by atoms with Crippen LogP contribution in [-0.2, 0) is 0 Å². The summed E-state index contributed by atoms with van der Waals surface area (Å²) in [4.78, 5) is 20.6. The Hall–Kier alpha value is -1.87. The maximum atomic E-state index is 11.4. The quantitative estimate of drug-likeness (QED) is 0.742. The van der Waals surface area contributed by atoms with Crippen LogP contribution in [0.4, 0.5) is 4.79 Å². The highest BCUT2D eigenvalue weighted by Crippen LogP contribution is 2.25. The van der Waals surface area contributed by atoms with Crippen molar-refractivity contribution < 1.29 is 4.79 Å². The summed E-state index contributed by atoms with van der Waals surface area (Å²) in [5, 5.41) is 1.83. The molecule has 1 aliphatic rings. The third-order valence-electron chi connectivity index (χ3n) is 2.06. The smallest absolute Gasteiger partial charge is 0.347 e. The van der Waals surface area contributed by atoms with Crippen molar-refractivity contribution in [1.82, 2.24) is 9.88 Å². The molecule has 0 bridgehead atoms. The average molecular weight is 220 g/mol. The first kappa shape index (κ1) is 9.68. The number of urea groups is 1. The summed E-state index contributed by atoms with van der Waals surface area (Å²) in [6.07, 6.45) is 5.18. The van der Waals surface area contributed by atoms with Gasteiger partial charge >= 0.3 is 6.03 Å². The van der Waals surface area contributed by atoms with Crippen LogP contribution >= 0.6 is 11.3 Å². The molecule has 1 unspecified atom stereocenters. The van der Waals surface area contributed by atoms with Crippen LogP contribution in [0.2, 0.25) is 0 Å². The number of hydrogen-bond donors (Lipinski definition) is 1. The van der Waals surface area contributed by atoms with E-state index in [1.807, 2.05) is 5.38 Å². The van der Waals surface area contributed by atoms with Gasteiger partial charge in [-0.3, -0.25) is 4.90 Å². The molecule has 0 spiro atoms. The Kier molecular flexibility index (Phi) is 2.39. The Morgan fingerprint density at radius 3 is 3.13 bits per heavy atom. The lowest BCUT2D eigenvalue weighted by Crippen LogP contribution is -2.33. The highest BCUT2D eigenvalue weighted by atomic mass is 32.1. The molecule has 0 saturated heterocycles. The third kappa shape index (κ3) is 1.57. The minimum Gasteiger partial charge on any atom is -0.385 e. The number of hydrogen-bond acceptors (Lipinski definition) is 4. The summed E-state index contributed by atoms with van der Waals surface area (Å²) >= 11 is 1.44. The lowest BCUT2D eigenvalue weighted by Gasteiger charge is -2.19. The van der Waals surface area contributed by atoms with Crippen molar-refractivity contribution in [1.29, 1.82) is 0 Å². The Morgan fingerprint density at radius 1 is 1.73 bits per heavy atom. The van der Waals surface area contributed by atoms with Gasteiger partial charge < -0.3 is 5.73 Å². The summed E-state index contributed by atoms with van der Waals surface area (Å²) in [5.74, 6) is 2.66. The van der Waals surface area contributed by atoms with Crippen LogP contribution in [0.3, 0.4) is 0 Å². The number of nitrogens with zero attached hydrogens (tertiary/aromatic N) is 3. The standard InChI is InChI=1S/C9H8N4OS/c1-2-3-13-7(6-4-15-5-11-6)8(10)12-9(13)14/h1,4-5,7H,3H2,(H2,10,12,14). The first-order valence-electron chi connectivity index (χ1n) is 4.20. The summed E-state index contributed by atoms with van der Waals surface area (Å²) in [6, 6.07) is -0.803. The van der Waals surface area contributed by atoms with Crippen molar-refractivity contribution in [2.75, 3.05) is 6.54 Å². The van der Waals surface area contributed by atoms with Gasteiger partial charge in [0, 0.05) is 5.38 Å². The van der Waals surface area contributed by atoms with Gasteiger partial charge in [-0.25, -0.2) is 9.78 Å². The monoisotopic (exact) mass is 220 g/mol. The number of aliphatic imine (C=N–C) groups is 1. The summed E-state index contributed by atoms with van der Waals surface area (Å²) in [6.45, 7) is 0.186. The molecule has 0 fully saturated rings. The summed E-state index contributed by atoms with van der Waals surface area (Å²) in [7, 11) is 0. The molecular weight excluding hydrogens is 212 g/mol. The van der Waals surface area contributed by atoms with Gasteiger partial charge in [0.05, 0.1) is 17.7 Å². The number of aromatic nitrogens is 1. The van der Waals surface area contributed by atoms with Crippen LogP contribution in [0.1, 0.15) is 11.7 Å². The molecule has 1 aliphatic heterocycles. The van der Waals surface area contributed by atoms with E-state index < -0.39 is 12.1 Å². The molecule has 0 aliphatic carbocycles. The number of terminal acetylenes is 1. The molecular formula is C9H8N4OS. The fourth-order valence-corrected chi connectivity index (χ4v) is 2.00. The van der Waals surface area contributed by atoms with Gasteiger partial charge in [0.2, 0.25) is 0 Å². The fraction of sp³-hybridized carbons (Fsp3) is 0.222. The van der Waals surface area contributed by atoms with Crippen LogP contribution in [-0.4, -0.2) is 28.3 Å². The zero-order valence-corrected chi connectivity index (χ0v) is 8.57. The van der Waals surface area contributed by atoms with E-state index in [4.69, 9.17) is 12.2 Å². The largest absolute Gasteiger partial charge is 0.385 e. The van der Waals surface area contributed by atoms with Crippen LogP contribution < -0.4 is 5.73 Å². The molecule has 2 heterocycles. The molecule has 1 aromatic rings. The summed E-state index contributed by atoms with van der Waals surface area (Å²) in [5.41, 5.74) is 8.06. The van der Waals surface area contributed by atoms with E-state index in [-0.39, 0.29) is 12.4 Å². The van der Waals surface area contributed by atoms with Crippen molar-refractivity contribution in [2.24, 2.45) is 10.7 Å². The third-order valence-corrected chi connectivity index (χ3v) is 2.66. The van der Waals surface area contributed by atoms with Crippen molar-refractivity contribution in [3.63, 3.8) is 0 Å². The first-order chi connectivity index (χ1) is 7.24. The Balaban J connectivity index is 2.33. The second kappa shape index (κ2) is 3.71. The van der Waals surface area contributed by atoms with Crippen molar-refractivity contribution in [3.8, 4) is 12.3 Å². The minimum absolute atomic E-state index is 0.186. The molecule has 5 nitrogen and oxygen atoms in total. The lowest BCUT2D eigenvalue weighted by molar-refractivity contribution is 0.213. The van der Waals surface area contributed by atoms with Crippen molar-refractivity contribution >= 4 is 23.2 Å². The van der Waals surface area contributed by atoms with Gasteiger partial charge in [-0.05, 0) is 0 Å². The maximum Gasteiger partial charge on any atom is 0.347 e. The predicted molar refractivity (Wildman–Crippen MR) is 57.4 cm³/mol. The van der Waals surface area contributed by atoms with Crippen LogP contribution in [0.15, 0.2) is 15.9 Å². The van der Waals surface area contributed by atoms with Crippen LogP contribution in [0.5, 0.6) is 0 Å². The van der Waals surface area contributed by atoms with E-state index in [0.717, 1.165) is 0 Å². The number of amidine groups is 1. The van der Waals surface area contributed by atoms with E-state index in [1.54, 1.807) is 5.51 Å². The number of rotatable bonds is 2. The molecule has 15 heavy (non-hydrogen) atoms. The predicted octanol–water partition coefficient (Wildman–Crippen LogP) is 0.610. The normalized spacial score (nSPS) is 20.2. The highest BCUT2D eigenvalue weighted by Gasteiger charge is 2.35. The van der Waals surface area contributed by atoms with E-state index >= 15 is 0 Å². The first-order valence-corrected chi connectivity index (χ1v) is 5.14. The highest BCUT2D eigenvalue weighted by molar-refractivity contribution is 7.07. The maximum absolute atomic E-state index is 11.4. The Labute approximate surface area is 90.6 Å². The number of nitrogens with two attached hydrogens (primary N) is 1. The molecule has 1 aromatic heterocycles. The fourth-order valence-electron chi connectivity index (χ4n) is 1.43. The molecule has 1 atom stereocenters. The molecule has 0 radical (unpaired) electrons. The lowest BCUT2D eigenvalue weighted by atomic mass is 10.2. The van der Waals surface area contributed by atoms with E-state index in [9.17, 15) is 4.79 Å². The van der Waals surface area contributed by atoms with Crippen molar-refractivity contribution in [3.05, 3.63) is 16.6 Å². The number of carbonyl (C=O) groups is 1. The average Bonchev–Trinajstić information content (AvgIpc) is 2.77. The second-order valence-electron chi connectivity index (χ2n) is 2.97. The van der Waals surface area contributed by atoms with Crippen LogP contribution in [0, 0.1) is 12.3 Å². The molecule has 76 valence electrons. The Bertz CT molecular complexity index is 445. The van der Waals surface area contributed by atoms with Gasteiger partial charge in [0.1, 0.15) is 11.9 Å². The number of thiazole rings is 1. The molecule has 2 N–H and O–H groups in total. The molecule has 0 aromatic carbocycles. The van der Waals surface area contributed by atoms with Gasteiger partial charge in [0.15, 0.2) is 0 Å². The Morgan fingerprint density at radius 2 is 2.53 bits per heavy atom. The SMILES string of the molecule is C#CCN1C(=O)N=C(N)C1c1cscn1. The molecule has 6 heteroatoms. The number of amides is 2. The van der Waals surface area contributed by atoms with Crippen LogP contribution in [0.25, 0.3) is 0 Å². The number of carbonyl (C=O) groups excluding carboxylic acids is 1. The van der Waals surface area contributed by atoms with E-state index in [0.29, 0.717) is 5.69 Å². The molecule has 0 saturated carbocycles. The van der Waals surface area contributed by atoms with E-state index in [2.05, 4.69) is 15.9 Å². The van der Waals surface area contributed by atoms with E-state index in [1.165, 1.54) is 16.2 Å². The zero-order chi connectivity index (χ0) is 10.8. The zero-order valence-electron chi connectivity index (χ0n) is 7.75. The molecule has 2 amide bonds. The summed E-state index contributed by atoms with van der Waals surface area (Å²) < 4.78 is 0. The topological polar surface area (TPSA) is 71.6 Å². The second-order valence-corrected chi connectivity index (χ2v) is 3.69. The van der Waals surface area contributed by atoms with Gasteiger partial charge in [0.25, 0.3) is 0 Å². The van der Waals surface area contributed by atoms with Gasteiger partial charge in [-0.15, -0.1) is 17.8 Å². The molecule has 2 rings (SSSR count).